The maximum absolute atomic E-state index is 12.8. The van der Waals surface area contributed by atoms with Gasteiger partial charge >= 0.3 is 17.9 Å². The van der Waals surface area contributed by atoms with E-state index in [1.54, 1.807) is 6.08 Å². The number of hydrogen-bond donors (Lipinski definition) is 0. The number of allylic oxidation sites excluding steroid dienone is 21. The fourth-order valence-electron chi connectivity index (χ4n) is 6.42. The summed E-state index contributed by atoms with van der Waals surface area (Å²) in [6.07, 6.45) is 73.3. The van der Waals surface area contributed by atoms with Gasteiger partial charge in [-0.25, -0.2) is 0 Å². The molecule has 0 heterocycles. The Hall–Kier alpha value is -4.45. The van der Waals surface area contributed by atoms with E-state index in [4.69, 9.17) is 14.2 Å². The molecule has 1 unspecified atom stereocenters. The fraction of sp³-hybridized carbons (Fsp3) is 0.576. The van der Waals surface area contributed by atoms with Gasteiger partial charge in [0, 0.05) is 12.8 Å². The van der Waals surface area contributed by atoms with Gasteiger partial charge < -0.3 is 14.2 Å². The van der Waals surface area contributed by atoms with Crippen molar-refractivity contribution >= 4 is 17.9 Å². The van der Waals surface area contributed by atoms with Gasteiger partial charge in [-0.05, 0) is 109 Å². The molecule has 65 heavy (non-hydrogen) atoms. The predicted octanol–water partition coefficient (Wildman–Crippen LogP) is 17.1. The van der Waals surface area contributed by atoms with Crippen LogP contribution >= 0.6 is 0 Å². The van der Waals surface area contributed by atoms with E-state index in [1.807, 2.05) is 6.08 Å². The van der Waals surface area contributed by atoms with E-state index >= 15 is 0 Å². The number of ether oxygens (including phenoxy) is 3. The van der Waals surface area contributed by atoms with Crippen molar-refractivity contribution in [2.75, 3.05) is 13.2 Å². The van der Waals surface area contributed by atoms with Crippen LogP contribution in [0.3, 0.4) is 0 Å². The molecule has 0 rings (SSSR count). The Balaban J connectivity index is 4.45. The van der Waals surface area contributed by atoms with Gasteiger partial charge in [0.15, 0.2) is 6.10 Å². The summed E-state index contributed by atoms with van der Waals surface area (Å²) < 4.78 is 16.6. The highest BCUT2D eigenvalue weighted by atomic mass is 16.6. The van der Waals surface area contributed by atoms with E-state index in [1.165, 1.54) is 38.5 Å². The highest BCUT2D eigenvalue weighted by Crippen LogP contribution is 2.13. The van der Waals surface area contributed by atoms with Crippen molar-refractivity contribution in [1.82, 2.24) is 0 Å². The van der Waals surface area contributed by atoms with Crippen molar-refractivity contribution in [2.45, 2.75) is 207 Å². The first-order valence-electron chi connectivity index (χ1n) is 25.7. The molecule has 0 aromatic rings. The van der Waals surface area contributed by atoms with E-state index in [0.717, 1.165) is 122 Å². The first-order chi connectivity index (χ1) is 32.0. The monoisotopic (exact) mass is 897 g/mol. The van der Waals surface area contributed by atoms with Crippen LogP contribution in [-0.2, 0) is 28.6 Å². The van der Waals surface area contributed by atoms with Crippen molar-refractivity contribution in [3.8, 4) is 0 Å². The first kappa shape index (κ1) is 60.5. The van der Waals surface area contributed by atoms with Gasteiger partial charge in [0.2, 0.25) is 0 Å². The molecule has 6 nitrogen and oxygen atoms in total. The van der Waals surface area contributed by atoms with E-state index in [2.05, 4.69) is 142 Å². The molecular weight excluding hydrogens is 805 g/mol. The summed E-state index contributed by atoms with van der Waals surface area (Å²) in [5.41, 5.74) is 0. The zero-order chi connectivity index (χ0) is 47.2. The Labute approximate surface area is 398 Å². The van der Waals surface area contributed by atoms with E-state index in [0.29, 0.717) is 12.8 Å². The second-order valence-corrected chi connectivity index (χ2v) is 16.3. The maximum Gasteiger partial charge on any atom is 0.309 e. The largest absolute Gasteiger partial charge is 0.462 e. The molecule has 0 aliphatic carbocycles. The summed E-state index contributed by atoms with van der Waals surface area (Å²) in [7, 11) is 0. The van der Waals surface area contributed by atoms with Gasteiger partial charge in [-0.3, -0.25) is 14.4 Å². The van der Waals surface area contributed by atoms with Crippen LogP contribution in [0.4, 0.5) is 0 Å². The molecule has 0 amide bonds. The molecule has 0 radical (unpaired) electrons. The molecule has 6 heteroatoms. The molecule has 0 saturated carbocycles. The molecule has 0 aromatic heterocycles. The number of esters is 3. The Kier molecular flexibility index (Phi) is 48.6. The minimum atomic E-state index is -0.834. The van der Waals surface area contributed by atoms with Crippen molar-refractivity contribution in [2.24, 2.45) is 0 Å². The number of rotatable bonds is 44. The summed E-state index contributed by atoms with van der Waals surface area (Å²) in [4.78, 5) is 37.8. The molecule has 0 aliphatic heterocycles. The summed E-state index contributed by atoms with van der Waals surface area (Å²) in [5.74, 6) is -1.10. The van der Waals surface area contributed by atoms with Crippen molar-refractivity contribution in [3.63, 3.8) is 0 Å². The molecule has 0 fully saturated rings. The third kappa shape index (κ3) is 50.4. The molecule has 0 bridgehead atoms. The zero-order valence-corrected chi connectivity index (χ0v) is 41.4. The minimum Gasteiger partial charge on any atom is -0.462 e. The van der Waals surface area contributed by atoms with Crippen LogP contribution in [0.1, 0.15) is 201 Å². The average molecular weight is 897 g/mol. The summed E-state index contributed by atoms with van der Waals surface area (Å²) in [6, 6.07) is 0. The van der Waals surface area contributed by atoms with E-state index < -0.39 is 12.1 Å². The number of carbonyl (C=O) groups is 3. The second kappa shape index (κ2) is 52.2. The molecule has 364 valence electrons. The lowest BCUT2D eigenvalue weighted by molar-refractivity contribution is -0.166. The van der Waals surface area contributed by atoms with Crippen LogP contribution < -0.4 is 0 Å². The van der Waals surface area contributed by atoms with Gasteiger partial charge in [-0.2, -0.15) is 0 Å². The van der Waals surface area contributed by atoms with Crippen LogP contribution in [-0.4, -0.2) is 37.2 Å². The first-order valence-corrected chi connectivity index (χ1v) is 25.7. The molecule has 0 aliphatic rings. The SMILES string of the molecule is CC/C=C\C/C=C\C/C=C\C/C=C\C/C=C\CCCCCC(=O)OCC(COC(=O)C/C=C\C/C=C\C/C=C\CC)OC(=O)CCCCCCCCCCC/C=C\C/C=C\C/C=C\CC. The predicted molar refractivity (Wildman–Crippen MR) is 279 cm³/mol. The van der Waals surface area contributed by atoms with Gasteiger partial charge in [0.25, 0.3) is 0 Å². The quantitative estimate of drug-likeness (QED) is 0.0262. The van der Waals surface area contributed by atoms with Crippen molar-refractivity contribution < 1.29 is 28.6 Å². The molecule has 0 aromatic carbocycles. The molecule has 1 atom stereocenters. The smallest absolute Gasteiger partial charge is 0.309 e. The Morgan fingerprint density at radius 3 is 1.02 bits per heavy atom. The second-order valence-electron chi connectivity index (χ2n) is 16.3. The standard InChI is InChI=1S/C59H92O6/c1-4-7-10-13-16-19-21-23-25-27-29-31-33-35-37-40-43-46-49-52-58(61)64-55-56(54-63-57(60)51-48-45-42-39-18-15-12-9-6-3)65-59(62)53-50-47-44-41-38-36-34-32-30-28-26-24-22-20-17-14-11-8-5-2/h7-12,16-20,23-26,29,31,35,37,39,45,48,56H,4-6,13-15,21-22,27-28,30,32-34,36,38,40-44,46-47,49-55H2,1-3H3/b10-7-,11-8-,12-9-,19-16-,20-17-,25-23-,26-24-,31-29-,37-35-,39-18-,48-45-. The Morgan fingerprint density at radius 1 is 0.323 bits per heavy atom. The molecular formula is C59H92O6. The Morgan fingerprint density at radius 2 is 0.615 bits per heavy atom. The summed E-state index contributed by atoms with van der Waals surface area (Å²) in [5, 5.41) is 0. The van der Waals surface area contributed by atoms with Crippen LogP contribution in [0.2, 0.25) is 0 Å². The van der Waals surface area contributed by atoms with Gasteiger partial charge in [0.05, 0.1) is 6.42 Å². The highest BCUT2D eigenvalue weighted by molar-refractivity contribution is 5.72. The Bertz CT molecular complexity index is 1450. The number of hydrogen-bond acceptors (Lipinski definition) is 6. The number of carbonyl (C=O) groups excluding carboxylic acids is 3. The minimum absolute atomic E-state index is 0.122. The van der Waals surface area contributed by atoms with Gasteiger partial charge in [-0.1, -0.05) is 206 Å². The fourth-order valence-corrected chi connectivity index (χ4v) is 6.42. The van der Waals surface area contributed by atoms with Crippen molar-refractivity contribution in [1.29, 1.82) is 0 Å². The molecule has 0 saturated heterocycles. The van der Waals surface area contributed by atoms with Crippen LogP contribution in [0, 0.1) is 0 Å². The lowest BCUT2D eigenvalue weighted by Crippen LogP contribution is -2.30. The third-order valence-corrected chi connectivity index (χ3v) is 10.2. The van der Waals surface area contributed by atoms with Gasteiger partial charge in [0.1, 0.15) is 13.2 Å². The third-order valence-electron chi connectivity index (χ3n) is 10.2. The number of unbranched alkanes of at least 4 members (excludes halogenated alkanes) is 12. The summed E-state index contributed by atoms with van der Waals surface area (Å²) in [6.45, 7) is 6.14. The van der Waals surface area contributed by atoms with Crippen LogP contribution in [0.15, 0.2) is 134 Å². The molecule has 0 spiro atoms. The van der Waals surface area contributed by atoms with Crippen LogP contribution in [0.25, 0.3) is 0 Å². The average Bonchev–Trinajstić information content (AvgIpc) is 3.30. The topological polar surface area (TPSA) is 78.9 Å². The normalized spacial score (nSPS) is 13.2. The lowest BCUT2D eigenvalue weighted by Gasteiger charge is -2.18. The van der Waals surface area contributed by atoms with Crippen LogP contribution in [0.5, 0.6) is 0 Å². The highest BCUT2D eigenvalue weighted by Gasteiger charge is 2.19. The van der Waals surface area contributed by atoms with Crippen molar-refractivity contribution in [3.05, 3.63) is 134 Å². The van der Waals surface area contributed by atoms with E-state index in [-0.39, 0.29) is 31.6 Å². The summed E-state index contributed by atoms with van der Waals surface area (Å²) >= 11 is 0. The maximum atomic E-state index is 12.8. The lowest BCUT2D eigenvalue weighted by atomic mass is 10.1. The van der Waals surface area contributed by atoms with Gasteiger partial charge in [-0.15, -0.1) is 0 Å². The molecule has 0 N–H and O–H groups in total. The van der Waals surface area contributed by atoms with E-state index in [9.17, 15) is 14.4 Å². The zero-order valence-electron chi connectivity index (χ0n) is 41.4.